The Balaban J connectivity index is 2.47. The second-order valence-corrected chi connectivity index (χ2v) is 4.98. The van der Waals surface area contributed by atoms with Crippen LogP contribution in [-0.4, -0.2) is 41.7 Å². The lowest BCUT2D eigenvalue weighted by Gasteiger charge is -2.32. The molecule has 0 aromatic rings. The van der Waals surface area contributed by atoms with Crippen molar-refractivity contribution in [3.05, 3.63) is 0 Å². The maximum atomic E-state index is 12.9. The number of aliphatic hydroxyl groups is 1. The van der Waals surface area contributed by atoms with E-state index in [0.717, 1.165) is 0 Å². The Hall–Kier alpha value is -0.220. The first-order valence-electron chi connectivity index (χ1n) is 5.01. The first kappa shape index (κ1) is 11.9. The van der Waals surface area contributed by atoms with Crippen LogP contribution in [0.1, 0.15) is 27.2 Å². The van der Waals surface area contributed by atoms with Gasteiger partial charge in [0.05, 0.1) is 12.6 Å². The summed E-state index contributed by atoms with van der Waals surface area (Å²) in [6.45, 7) is 6.29. The van der Waals surface area contributed by atoms with Crippen molar-refractivity contribution >= 4 is 0 Å². The molecule has 0 radical (unpaired) electrons. The molecule has 14 heavy (non-hydrogen) atoms. The number of nitrogens with zero attached hydrogens (tertiary/aromatic N) is 1. The van der Waals surface area contributed by atoms with Crippen molar-refractivity contribution in [3.63, 3.8) is 0 Å². The van der Waals surface area contributed by atoms with Crippen LogP contribution in [0.5, 0.6) is 0 Å². The van der Waals surface area contributed by atoms with Crippen LogP contribution in [0, 0.1) is 5.41 Å². The van der Waals surface area contributed by atoms with Crippen molar-refractivity contribution in [2.75, 3.05) is 19.6 Å². The maximum Gasteiger partial charge on any atom is 0.261 e. The van der Waals surface area contributed by atoms with Gasteiger partial charge in [-0.3, -0.25) is 4.90 Å². The van der Waals surface area contributed by atoms with Crippen molar-refractivity contribution in [3.8, 4) is 0 Å². The second kappa shape index (κ2) is 3.74. The smallest absolute Gasteiger partial charge is 0.261 e. The Labute approximate surface area is 83.9 Å². The Kier molecular flexibility index (Phi) is 3.17. The molecule has 1 unspecified atom stereocenters. The van der Waals surface area contributed by atoms with E-state index < -0.39 is 12.0 Å². The largest absolute Gasteiger partial charge is 0.393 e. The zero-order valence-electron chi connectivity index (χ0n) is 9.06. The minimum atomic E-state index is -2.53. The molecule has 0 saturated carbocycles. The van der Waals surface area contributed by atoms with Gasteiger partial charge in [0.2, 0.25) is 0 Å². The van der Waals surface area contributed by atoms with Gasteiger partial charge in [-0.05, 0) is 6.92 Å². The number of hydrogen-bond acceptors (Lipinski definition) is 2. The van der Waals surface area contributed by atoms with Gasteiger partial charge in [0.25, 0.3) is 5.92 Å². The van der Waals surface area contributed by atoms with E-state index in [1.54, 1.807) is 11.8 Å². The lowest BCUT2D eigenvalue weighted by molar-refractivity contribution is -0.00223. The van der Waals surface area contributed by atoms with Crippen LogP contribution in [0.4, 0.5) is 8.78 Å². The van der Waals surface area contributed by atoms with Gasteiger partial charge in [-0.15, -0.1) is 0 Å². The highest BCUT2D eigenvalue weighted by Crippen LogP contribution is 2.30. The Bertz CT molecular complexity index is 204. The molecule has 1 aliphatic heterocycles. The molecule has 1 saturated heterocycles. The molecule has 1 heterocycles. The minimum Gasteiger partial charge on any atom is -0.393 e. The quantitative estimate of drug-likeness (QED) is 0.762. The second-order valence-electron chi connectivity index (χ2n) is 4.98. The molecule has 1 fully saturated rings. The predicted octanol–water partition coefficient (Wildman–Crippen LogP) is 1.73. The topological polar surface area (TPSA) is 23.5 Å². The first-order chi connectivity index (χ1) is 6.23. The molecular formula is C10H19F2NO. The average molecular weight is 207 g/mol. The van der Waals surface area contributed by atoms with Crippen molar-refractivity contribution in [1.82, 2.24) is 4.90 Å². The van der Waals surface area contributed by atoms with Crippen LogP contribution >= 0.6 is 0 Å². The van der Waals surface area contributed by atoms with Crippen LogP contribution in [0.15, 0.2) is 0 Å². The molecule has 1 atom stereocenters. The normalized spacial score (nSPS) is 25.3. The van der Waals surface area contributed by atoms with Crippen molar-refractivity contribution < 1.29 is 13.9 Å². The standard InChI is InChI=1S/C10H19F2NO/c1-8(14)9(2,3)6-13-5-4-10(11,12)7-13/h8,14H,4-7H2,1-3H3. The summed E-state index contributed by atoms with van der Waals surface area (Å²) in [7, 11) is 0. The average Bonchev–Trinajstić information content (AvgIpc) is 2.28. The van der Waals surface area contributed by atoms with Crippen LogP contribution in [0.3, 0.4) is 0 Å². The van der Waals surface area contributed by atoms with Crippen molar-refractivity contribution in [1.29, 1.82) is 0 Å². The summed E-state index contributed by atoms with van der Waals surface area (Å²) >= 11 is 0. The predicted molar refractivity (Wildman–Crippen MR) is 51.5 cm³/mol. The molecule has 0 spiro atoms. The number of aliphatic hydroxyl groups excluding tert-OH is 1. The monoisotopic (exact) mass is 207 g/mol. The molecule has 1 aliphatic rings. The molecule has 0 aromatic heterocycles. The molecule has 84 valence electrons. The van der Waals surface area contributed by atoms with Gasteiger partial charge in [-0.2, -0.15) is 0 Å². The van der Waals surface area contributed by atoms with Gasteiger partial charge < -0.3 is 5.11 Å². The fraction of sp³-hybridized carbons (Fsp3) is 1.00. The highest BCUT2D eigenvalue weighted by Gasteiger charge is 2.40. The summed E-state index contributed by atoms with van der Waals surface area (Å²) < 4.78 is 25.7. The van der Waals surface area contributed by atoms with E-state index in [4.69, 9.17) is 0 Å². The van der Waals surface area contributed by atoms with Gasteiger partial charge in [-0.25, -0.2) is 8.78 Å². The first-order valence-corrected chi connectivity index (χ1v) is 5.01. The fourth-order valence-corrected chi connectivity index (χ4v) is 1.65. The lowest BCUT2D eigenvalue weighted by Crippen LogP contribution is -2.40. The van der Waals surface area contributed by atoms with Crippen molar-refractivity contribution in [2.24, 2.45) is 5.41 Å². The number of likely N-dealkylation sites (tertiary alicyclic amines) is 1. The lowest BCUT2D eigenvalue weighted by atomic mass is 9.87. The number of alkyl halides is 2. The molecular weight excluding hydrogens is 188 g/mol. The molecule has 0 aliphatic carbocycles. The van der Waals surface area contributed by atoms with Gasteiger partial charge in [-0.1, -0.05) is 13.8 Å². The van der Waals surface area contributed by atoms with Gasteiger partial charge in [0, 0.05) is 24.9 Å². The molecule has 1 rings (SSSR count). The molecule has 0 bridgehead atoms. The third-order valence-corrected chi connectivity index (χ3v) is 3.01. The zero-order chi connectivity index (χ0) is 11.0. The van der Waals surface area contributed by atoms with Crippen LogP contribution < -0.4 is 0 Å². The van der Waals surface area contributed by atoms with Crippen molar-refractivity contribution in [2.45, 2.75) is 39.2 Å². The molecule has 0 amide bonds. The minimum absolute atomic E-state index is 0.0527. The third-order valence-electron chi connectivity index (χ3n) is 3.01. The number of hydrogen-bond donors (Lipinski definition) is 1. The van der Waals surface area contributed by atoms with E-state index >= 15 is 0 Å². The third kappa shape index (κ3) is 2.89. The summed E-state index contributed by atoms with van der Waals surface area (Å²) in [4.78, 5) is 1.73. The van der Waals surface area contributed by atoms with Crippen LogP contribution in [0.2, 0.25) is 0 Å². The van der Waals surface area contributed by atoms with Gasteiger partial charge in [0.15, 0.2) is 0 Å². The fourth-order valence-electron chi connectivity index (χ4n) is 1.65. The van der Waals surface area contributed by atoms with Crippen LogP contribution in [-0.2, 0) is 0 Å². The molecule has 1 N–H and O–H groups in total. The summed E-state index contributed by atoms with van der Waals surface area (Å²) in [6.07, 6.45) is -0.528. The SMILES string of the molecule is CC(O)C(C)(C)CN1CCC(F)(F)C1. The summed E-state index contributed by atoms with van der Waals surface area (Å²) in [6, 6.07) is 0. The molecule has 2 nitrogen and oxygen atoms in total. The molecule has 4 heteroatoms. The summed E-state index contributed by atoms with van der Waals surface area (Å²) in [5.74, 6) is -2.53. The Morgan fingerprint density at radius 3 is 2.43 bits per heavy atom. The van der Waals surface area contributed by atoms with Gasteiger partial charge >= 0.3 is 0 Å². The Morgan fingerprint density at radius 1 is 1.50 bits per heavy atom. The summed E-state index contributed by atoms with van der Waals surface area (Å²) in [5, 5.41) is 9.46. The summed E-state index contributed by atoms with van der Waals surface area (Å²) in [5.41, 5.74) is -0.319. The van der Waals surface area contributed by atoms with E-state index in [1.807, 2.05) is 13.8 Å². The van der Waals surface area contributed by atoms with E-state index in [2.05, 4.69) is 0 Å². The van der Waals surface area contributed by atoms with Gasteiger partial charge in [0.1, 0.15) is 0 Å². The zero-order valence-corrected chi connectivity index (χ0v) is 9.06. The van der Waals surface area contributed by atoms with E-state index in [0.29, 0.717) is 13.1 Å². The Morgan fingerprint density at radius 2 is 2.07 bits per heavy atom. The van der Waals surface area contributed by atoms with E-state index in [-0.39, 0.29) is 18.4 Å². The maximum absolute atomic E-state index is 12.9. The highest BCUT2D eigenvalue weighted by atomic mass is 19.3. The highest BCUT2D eigenvalue weighted by molar-refractivity contribution is 4.86. The molecule has 0 aromatic carbocycles. The number of rotatable bonds is 3. The van der Waals surface area contributed by atoms with Crippen LogP contribution in [0.25, 0.3) is 0 Å². The number of halogens is 2. The van der Waals surface area contributed by atoms with E-state index in [1.165, 1.54) is 0 Å². The van der Waals surface area contributed by atoms with E-state index in [9.17, 15) is 13.9 Å².